The maximum Gasteiger partial charge on any atom is 0.0177 e. The summed E-state index contributed by atoms with van der Waals surface area (Å²) >= 11 is 0. The molecule has 1 nitrogen and oxygen atoms in total. The number of hydrogen-bond donors (Lipinski definition) is 1. The highest BCUT2D eigenvalue weighted by Crippen LogP contribution is 2.31. The summed E-state index contributed by atoms with van der Waals surface area (Å²) in [5.41, 5.74) is 1.23. The molecule has 2 atom stereocenters. The van der Waals surface area contributed by atoms with E-state index in [-0.39, 0.29) is 0 Å². The predicted octanol–water partition coefficient (Wildman–Crippen LogP) is 2.79. The Morgan fingerprint density at radius 3 is 2.75 bits per heavy atom. The SMILES string of the molecule is C=C1CC(CC)C(C(C)C)CN1. The Morgan fingerprint density at radius 2 is 2.25 bits per heavy atom. The van der Waals surface area contributed by atoms with E-state index >= 15 is 0 Å². The lowest BCUT2D eigenvalue weighted by molar-refractivity contribution is 0.212. The van der Waals surface area contributed by atoms with E-state index in [1.807, 2.05) is 0 Å². The smallest absolute Gasteiger partial charge is 0.0177 e. The highest BCUT2D eigenvalue weighted by atomic mass is 14.9. The van der Waals surface area contributed by atoms with Crippen LogP contribution in [0.2, 0.25) is 0 Å². The van der Waals surface area contributed by atoms with Crippen LogP contribution >= 0.6 is 0 Å². The average molecular weight is 167 g/mol. The second kappa shape index (κ2) is 3.97. The Morgan fingerprint density at radius 1 is 1.58 bits per heavy atom. The maximum absolute atomic E-state index is 4.00. The molecule has 0 aliphatic carbocycles. The van der Waals surface area contributed by atoms with Crippen molar-refractivity contribution >= 4 is 0 Å². The van der Waals surface area contributed by atoms with Crippen LogP contribution in [-0.4, -0.2) is 6.54 Å². The molecule has 1 heteroatoms. The molecule has 1 N–H and O–H groups in total. The topological polar surface area (TPSA) is 12.0 Å². The zero-order valence-electron chi connectivity index (χ0n) is 8.56. The highest BCUT2D eigenvalue weighted by Gasteiger charge is 2.27. The highest BCUT2D eigenvalue weighted by molar-refractivity contribution is 4.99. The van der Waals surface area contributed by atoms with E-state index in [0.29, 0.717) is 0 Å². The standard InChI is InChI=1S/C11H21N/c1-5-10-6-9(4)12-7-11(10)8(2)3/h8,10-12H,4-7H2,1-3H3. The molecular formula is C11H21N. The van der Waals surface area contributed by atoms with Crippen molar-refractivity contribution in [2.75, 3.05) is 6.54 Å². The van der Waals surface area contributed by atoms with Crippen molar-refractivity contribution in [2.24, 2.45) is 17.8 Å². The van der Waals surface area contributed by atoms with Crippen LogP contribution in [0.1, 0.15) is 33.6 Å². The lowest BCUT2D eigenvalue weighted by Crippen LogP contribution is -2.37. The second-order valence-corrected chi connectivity index (χ2v) is 4.26. The Bertz CT molecular complexity index is 160. The minimum absolute atomic E-state index is 0.801. The summed E-state index contributed by atoms with van der Waals surface area (Å²) in [6.45, 7) is 12.1. The molecule has 1 rings (SSSR count). The molecule has 1 fully saturated rings. The normalized spacial score (nSPS) is 30.5. The minimum atomic E-state index is 0.801. The van der Waals surface area contributed by atoms with E-state index in [9.17, 15) is 0 Å². The first-order chi connectivity index (χ1) is 5.65. The molecule has 1 aliphatic heterocycles. The van der Waals surface area contributed by atoms with Crippen molar-refractivity contribution in [1.29, 1.82) is 0 Å². The van der Waals surface area contributed by atoms with Gasteiger partial charge in [0.05, 0.1) is 0 Å². The van der Waals surface area contributed by atoms with Crippen molar-refractivity contribution in [3.05, 3.63) is 12.3 Å². The van der Waals surface area contributed by atoms with Crippen LogP contribution in [0.15, 0.2) is 12.3 Å². The Hall–Kier alpha value is -0.460. The summed E-state index contributed by atoms with van der Waals surface area (Å²) in [4.78, 5) is 0. The van der Waals surface area contributed by atoms with Crippen LogP contribution in [0.5, 0.6) is 0 Å². The molecule has 1 heterocycles. The zero-order chi connectivity index (χ0) is 9.14. The third-order valence-electron chi connectivity index (χ3n) is 3.08. The Kier molecular flexibility index (Phi) is 3.19. The molecule has 70 valence electrons. The number of hydrogen-bond acceptors (Lipinski definition) is 1. The fraction of sp³-hybridized carbons (Fsp3) is 0.818. The molecule has 0 saturated carbocycles. The number of piperidine rings is 1. The number of allylic oxidation sites excluding steroid dienone is 1. The van der Waals surface area contributed by atoms with Gasteiger partial charge < -0.3 is 5.32 Å². The summed E-state index contributed by atoms with van der Waals surface area (Å²) in [5, 5.41) is 3.38. The summed E-state index contributed by atoms with van der Waals surface area (Å²) in [7, 11) is 0. The number of rotatable bonds is 2. The van der Waals surface area contributed by atoms with Crippen molar-refractivity contribution in [2.45, 2.75) is 33.6 Å². The van der Waals surface area contributed by atoms with E-state index in [4.69, 9.17) is 0 Å². The summed E-state index contributed by atoms with van der Waals surface area (Å²) in [6, 6.07) is 0. The molecule has 2 unspecified atom stereocenters. The van der Waals surface area contributed by atoms with Crippen LogP contribution in [-0.2, 0) is 0 Å². The molecular weight excluding hydrogens is 146 g/mol. The zero-order valence-corrected chi connectivity index (χ0v) is 8.56. The third-order valence-corrected chi connectivity index (χ3v) is 3.08. The lowest BCUT2D eigenvalue weighted by Gasteiger charge is -2.35. The molecule has 0 aromatic rings. The van der Waals surface area contributed by atoms with Gasteiger partial charge in [0.15, 0.2) is 0 Å². The van der Waals surface area contributed by atoms with E-state index in [2.05, 4.69) is 32.7 Å². The Balaban J connectivity index is 2.56. The van der Waals surface area contributed by atoms with E-state index in [1.165, 1.54) is 18.5 Å². The van der Waals surface area contributed by atoms with Gasteiger partial charge in [-0.25, -0.2) is 0 Å². The van der Waals surface area contributed by atoms with Crippen molar-refractivity contribution in [1.82, 2.24) is 5.32 Å². The van der Waals surface area contributed by atoms with Crippen molar-refractivity contribution in [3.8, 4) is 0 Å². The molecule has 0 bridgehead atoms. The number of nitrogens with one attached hydrogen (secondary N) is 1. The van der Waals surface area contributed by atoms with E-state index in [0.717, 1.165) is 24.3 Å². The monoisotopic (exact) mass is 167 g/mol. The first kappa shape index (κ1) is 9.63. The van der Waals surface area contributed by atoms with Crippen molar-refractivity contribution in [3.63, 3.8) is 0 Å². The van der Waals surface area contributed by atoms with Gasteiger partial charge in [0.1, 0.15) is 0 Å². The summed E-state index contributed by atoms with van der Waals surface area (Å²) in [6.07, 6.45) is 2.48. The molecule has 0 amide bonds. The van der Waals surface area contributed by atoms with Gasteiger partial charge >= 0.3 is 0 Å². The summed E-state index contributed by atoms with van der Waals surface area (Å²) in [5.74, 6) is 2.51. The molecule has 0 spiro atoms. The molecule has 0 aromatic heterocycles. The predicted molar refractivity (Wildman–Crippen MR) is 53.9 cm³/mol. The van der Waals surface area contributed by atoms with Crippen LogP contribution in [0, 0.1) is 17.8 Å². The largest absolute Gasteiger partial charge is 0.389 e. The molecule has 0 aromatic carbocycles. The molecule has 0 radical (unpaired) electrons. The van der Waals surface area contributed by atoms with Crippen LogP contribution in [0.4, 0.5) is 0 Å². The molecule has 1 saturated heterocycles. The fourth-order valence-corrected chi connectivity index (χ4v) is 2.20. The third kappa shape index (κ3) is 2.02. The van der Waals surface area contributed by atoms with Gasteiger partial charge in [-0.2, -0.15) is 0 Å². The fourth-order valence-electron chi connectivity index (χ4n) is 2.20. The van der Waals surface area contributed by atoms with Crippen LogP contribution < -0.4 is 5.32 Å². The van der Waals surface area contributed by atoms with Gasteiger partial charge in [0.25, 0.3) is 0 Å². The van der Waals surface area contributed by atoms with Gasteiger partial charge in [0.2, 0.25) is 0 Å². The minimum Gasteiger partial charge on any atom is -0.389 e. The lowest BCUT2D eigenvalue weighted by atomic mass is 9.77. The second-order valence-electron chi connectivity index (χ2n) is 4.26. The molecule has 12 heavy (non-hydrogen) atoms. The quantitative estimate of drug-likeness (QED) is 0.667. The summed E-state index contributed by atoms with van der Waals surface area (Å²) < 4.78 is 0. The van der Waals surface area contributed by atoms with E-state index in [1.54, 1.807) is 0 Å². The van der Waals surface area contributed by atoms with Crippen LogP contribution in [0.25, 0.3) is 0 Å². The van der Waals surface area contributed by atoms with E-state index < -0.39 is 0 Å². The van der Waals surface area contributed by atoms with Gasteiger partial charge in [-0.3, -0.25) is 0 Å². The van der Waals surface area contributed by atoms with Gasteiger partial charge in [0, 0.05) is 12.2 Å². The van der Waals surface area contributed by atoms with Gasteiger partial charge in [-0.1, -0.05) is 33.8 Å². The van der Waals surface area contributed by atoms with Gasteiger partial charge in [-0.15, -0.1) is 0 Å². The molecule has 1 aliphatic rings. The first-order valence-electron chi connectivity index (χ1n) is 5.06. The van der Waals surface area contributed by atoms with Gasteiger partial charge in [-0.05, 0) is 24.2 Å². The maximum atomic E-state index is 4.00. The van der Waals surface area contributed by atoms with Crippen LogP contribution in [0.3, 0.4) is 0 Å². The average Bonchev–Trinajstić information content (AvgIpc) is 2.03. The first-order valence-corrected chi connectivity index (χ1v) is 5.06. The van der Waals surface area contributed by atoms with Crippen molar-refractivity contribution < 1.29 is 0 Å². The Labute approximate surface area is 76.2 Å².